The van der Waals surface area contributed by atoms with Crippen LogP contribution in [0.1, 0.15) is 12.5 Å². The first-order valence-corrected chi connectivity index (χ1v) is 4.63. The van der Waals surface area contributed by atoms with Crippen LogP contribution in [0, 0.1) is 11.3 Å². The summed E-state index contributed by atoms with van der Waals surface area (Å²) < 4.78 is 5.09. The van der Waals surface area contributed by atoms with Gasteiger partial charge in [0.1, 0.15) is 11.8 Å². The lowest BCUT2D eigenvalue weighted by molar-refractivity contribution is 0.415. The molecule has 0 fully saturated rings. The van der Waals surface area contributed by atoms with Crippen LogP contribution in [0.4, 0.5) is 5.69 Å². The van der Waals surface area contributed by atoms with E-state index in [1.807, 2.05) is 13.0 Å². The Hall–Kier alpha value is -1.95. The van der Waals surface area contributed by atoms with Gasteiger partial charge in [-0.1, -0.05) is 12.2 Å². The minimum absolute atomic E-state index is 0.608. The molecule has 78 valence electrons. The Morgan fingerprint density at radius 3 is 2.87 bits per heavy atom. The molecule has 15 heavy (non-hydrogen) atoms. The van der Waals surface area contributed by atoms with Gasteiger partial charge in [-0.2, -0.15) is 5.26 Å². The van der Waals surface area contributed by atoms with Gasteiger partial charge in [-0.25, -0.2) is 0 Å². The molecule has 1 aromatic carbocycles. The van der Waals surface area contributed by atoms with Gasteiger partial charge in [0.2, 0.25) is 0 Å². The molecular weight excluding hydrogens is 188 g/mol. The van der Waals surface area contributed by atoms with Gasteiger partial charge in [0, 0.05) is 12.6 Å². The Bertz CT molecular complexity index is 405. The van der Waals surface area contributed by atoms with Crippen molar-refractivity contribution in [3.05, 3.63) is 35.9 Å². The summed E-state index contributed by atoms with van der Waals surface area (Å²) >= 11 is 0. The van der Waals surface area contributed by atoms with Gasteiger partial charge in [-0.3, -0.25) is 0 Å². The smallest absolute Gasteiger partial charge is 0.121 e. The van der Waals surface area contributed by atoms with Crippen LogP contribution in [0.3, 0.4) is 0 Å². The van der Waals surface area contributed by atoms with Crippen LogP contribution < -0.4 is 10.1 Å². The molecule has 0 spiro atoms. The number of rotatable bonds is 4. The molecule has 0 heterocycles. The number of nitrogens with one attached hydrogen (secondary N) is 1. The van der Waals surface area contributed by atoms with Crippen LogP contribution in [-0.2, 0) is 0 Å². The molecule has 1 N–H and O–H groups in total. The third-order valence-corrected chi connectivity index (χ3v) is 1.93. The molecule has 0 radical (unpaired) electrons. The molecule has 0 saturated carbocycles. The van der Waals surface area contributed by atoms with E-state index in [4.69, 9.17) is 10.00 Å². The highest BCUT2D eigenvalue weighted by atomic mass is 16.5. The normalized spacial score (nSPS) is 9.13. The van der Waals surface area contributed by atoms with Gasteiger partial charge in [-0.05, 0) is 19.1 Å². The highest BCUT2D eigenvalue weighted by Gasteiger charge is 2.02. The van der Waals surface area contributed by atoms with Gasteiger partial charge >= 0.3 is 0 Å². The quantitative estimate of drug-likeness (QED) is 0.763. The molecule has 0 atom stereocenters. The summed E-state index contributed by atoms with van der Waals surface area (Å²) in [4.78, 5) is 0. The summed E-state index contributed by atoms with van der Waals surface area (Å²) in [5.41, 5.74) is 2.40. The van der Waals surface area contributed by atoms with E-state index in [0.29, 0.717) is 12.1 Å². The Balaban J connectivity index is 2.92. The maximum absolute atomic E-state index is 8.89. The summed E-state index contributed by atoms with van der Waals surface area (Å²) in [5, 5.41) is 12.0. The third-order valence-electron chi connectivity index (χ3n) is 1.93. The van der Waals surface area contributed by atoms with Crippen molar-refractivity contribution in [1.29, 1.82) is 5.26 Å². The van der Waals surface area contributed by atoms with Crippen LogP contribution >= 0.6 is 0 Å². The molecule has 1 rings (SSSR count). The van der Waals surface area contributed by atoms with E-state index in [0.717, 1.165) is 17.0 Å². The minimum Gasteiger partial charge on any atom is -0.497 e. The second kappa shape index (κ2) is 5.06. The summed E-state index contributed by atoms with van der Waals surface area (Å²) in [6.45, 7) is 6.38. The molecule has 0 bridgehead atoms. The van der Waals surface area contributed by atoms with Crippen molar-refractivity contribution >= 4 is 5.69 Å². The SMILES string of the molecule is C=C(C)CNc1cc(OC)ccc1C#N. The number of anilines is 1. The fraction of sp³-hybridized carbons (Fsp3) is 0.250. The zero-order chi connectivity index (χ0) is 11.3. The highest BCUT2D eigenvalue weighted by molar-refractivity contribution is 5.60. The lowest BCUT2D eigenvalue weighted by Crippen LogP contribution is -2.03. The summed E-state index contributed by atoms with van der Waals surface area (Å²) in [7, 11) is 1.60. The standard InChI is InChI=1S/C12H14N2O/c1-9(2)8-14-12-6-11(15-3)5-4-10(12)7-13/h4-6,14H,1,8H2,2-3H3. The summed E-state index contributed by atoms with van der Waals surface area (Å²) in [5.74, 6) is 0.734. The number of nitriles is 1. The van der Waals surface area contributed by atoms with Crippen LogP contribution in [0.15, 0.2) is 30.4 Å². The zero-order valence-electron chi connectivity index (χ0n) is 9.00. The first kappa shape index (κ1) is 11.1. The zero-order valence-corrected chi connectivity index (χ0v) is 9.00. The number of nitrogens with zero attached hydrogens (tertiary/aromatic N) is 1. The average molecular weight is 202 g/mol. The molecule has 0 aliphatic carbocycles. The number of hydrogen-bond donors (Lipinski definition) is 1. The molecule has 0 aliphatic rings. The molecular formula is C12H14N2O. The molecule has 0 aromatic heterocycles. The maximum atomic E-state index is 8.89. The number of ether oxygens (including phenoxy) is 1. The van der Waals surface area contributed by atoms with Gasteiger partial charge in [0.25, 0.3) is 0 Å². The highest BCUT2D eigenvalue weighted by Crippen LogP contribution is 2.21. The van der Waals surface area contributed by atoms with Gasteiger partial charge in [-0.15, -0.1) is 0 Å². The number of benzene rings is 1. The second-order valence-corrected chi connectivity index (χ2v) is 3.33. The van der Waals surface area contributed by atoms with E-state index in [9.17, 15) is 0 Å². The predicted octanol–water partition coefficient (Wildman–Crippen LogP) is 2.55. The average Bonchev–Trinajstić information content (AvgIpc) is 2.25. The second-order valence-electron chi connectivity index (χ2n) is 3.33. The number of methoxy groups -OCH3 is 1. The van der Waals surface area contributed by atoms with Crippen molar-refractivity contribution in [2.45, 2.75) is 6.92 Å². The Kier molecular flexibility index (Phi) is 3.75. The topological polar surface area (TPSA) is 45.0 Å². The minimum atomic E-state index is 0.608. The molecule has 3 nitrogen and oxygen atoms in total. The monoisotopic (exact) mass is 202 g/mol. The van der Waals surface area contributed by atoms with Crippen molar-refractivity contribution in [1.82, 2.24) is 0 Å². The number of hydrogen-bond acceptors (Lipinski definition) is 3. The first-order valence-electron chi connectivity index (χ1n) is 4.63. The van der Waals surface area contributed by atoms with Crippen molar-refractivity contribution in [3.63, 3.8) is 0 Å². The molecule has 1 aromatic rings. The fourth-order valence-corrected chi connectivity index (χ4v) is 1.14. The predicted molar refractivity (Wildman–Crippen MR) is 61.0 cm³/mol. The maximum Gasteiger partial charge on any atom is 0.121 e. The van der Waals surface area contributed by atoms with E-state index < -0.39 is 0 Å². The Morgan fingerprint density at radius 1 is 1.60 bits per heavy atom. The van der Waals surface area contributed by atoms with Crippen molar-refractivity contribution in [2.24, 2.45) is 0 Å². The van der Waals surface area contributed by atoms with Crippen molar-refractivity contribution in [3.8, 4) is 11.8 Å². The van der Waals surface area contributed by atoms with E-state index in [-0.39, 0.29) is 0 Å². The molecule has 0 saturated heterocycles. The molecule has 3 heteroatoms. The summed E-state index contributed by atoms with van der Waals surface area (Å²) in [6, 6.07) is 7.43. The Labute approximate surface area is 90.0 Å². The van der Waals surface area contributed by atoms with Crippen LogP contribution in [0.5, 0.6) is 5.75 Å². The van der Waals surface area contributed by atoms with Gasteiger partial charge < -0.3 is 10.1 Å². The van der Waals surface area contributed by atoms with E-state index in [1.165, 1.54) is 0 Å². The third kappa shape index (κ3) is 3.03. The molecule has 0 aliphatic heterocycles. The molecule has 0 amide bonds. The largest absolute Gasteiger partial charge is 0.497 e. The van der Waals surface area contributed by atoms with E-state index in [1.54, 1.807) is 19.2 Å². The lowest BCUT2D eigenvalue weighted by atomic mass is 10.2. The van der Waals surface area contributed by atoms with Crippen LogP contribution in [0.2, 0.25) is 0 Å². The fourth-order valence-electron chi connectivity index (χ4n) is 1.14. The first-order chi connectivity index (χ1) is 7.17. The van der Waals surface area contributed by atoms with E-state index in [2.05, 4.69) is 18.0 Å². The Morgan fingerprint density at radius 2 is 2.33 bits per heavy atom. The van der Waals surface area contributed by atoms with Crippen molar-refractivity contribution in [2.75, 3.05) is 19.0 Å². The molecule has 0 unspecified atom stereocenters. The van der Waals surface area contributed by atoms with Gasteiger partial charge in [0.05, 0.1) is 18.4 Å². The van der Waals surface area contributed by atoms with Crippen molar-refractivity contribution < 1.29 is 4.74 Å². The van der Waals surface area contributed by atoms with Crippen LogP contribution in [-0.4, -0.2) is 13.7 Å². The van der Waals surface area contributed by atoms with Crippen LogP contribution in [0.25, 0.3) is 0 Å². The lowest BCUT2D eigenvalue weighted by Gasteiger charge is -2.09. The van der Waals surface area contributed by atoms with Gasteiger partial charge in [0.15, 0.2) is 0 Å². The van der Waals surface area contributed by atoms with E-state index >= 15 is 0 Å². The summed E-state index contributed by atoms with van der Waals surface area (Å²) in [6.07, 6.45) is 0.